The minimum absolute atomic E-state index is 0.103. The number of benzene rings is 1. The largest absolute Gasteiger partial charge is 0.496 e. The molecule has 2 bridgehead atoms. The number of pyridine rings is 1. The maximum Gasteiger partial charge on any atom is 0.267 e. The molecule has 0 saturated carbocycles. The van der Waals surface area contributed by atoms with Gasteiger partial charge in [0.2, 0.25) is 0 Å². The molecule has 8 heteroatoms. The standard InChI is InChI=1S/C25H30N4O4/c1-27-20(12-18-21(32-2)7-8-22(33-3)24(18)27)25(31)26-9-10-28-13-16-11-17(15-28)19-5-4-6-23(30)29(19)14-16/h4-8,12,16-17H,9-11,13-15H2,1-3H3,(H,26,31)/t16-,17+/m1/s1. The molecule has 8 nitrogen and oxygen atoms in total. The molecule has 1 saturated heterocycles. The molecule has 1 N–H and O–H groups in total. The number of aryl methyl sites for hydroxylation is 1. The molecule has 174 valence electrons. The van der Waals surface area contributed by atoms with Crippen molar-refractivity contribution in [3.8, 4) is 11.5 Å². The number of aromatic nitrogens is 2. The van der Waals surface area contributed by atoms with Crippen LogP contribution < -0.4 is 20.3 Å². The van der Waals surface area contributed by atoms with Gasteiger partial charge < -0.3 is 28.8 Å². The fourth-order valence-corrected chi connectivity index (χ4v) is 5.57. The van der Waals surface area contributed by atoms with E-state index in [1.165, 1.54) is 0 Å². The van der Waals surface area contributed by atoms with Crippen LogP contribution in [0.5, 0.6) is 11.5 Å². The Labute approximate surface area is 192 Å². The fraction of sp³-hybridized carbons (Fsp3) is 0.440. The predicted molar refractivity (Wildman–Crippen MR) is 126 cm³/mol. The van der Waals surface area contributed by atoms with E-state index in [-0.39, 0.29) is 11.5 Å². The van der Waals surface area contributed by atoms with Gasteiger partial charge in [-0.3, -0.25) is 9.59 Å². The minimum Gasteiger partial charge on any atom is -0.496 e. The van der Waals surface area contributed by atoms with Gasteiger partial charge in [0, 0.05) is 62.8 Å². The molecule has 2 aromatic heterocycles. The molecule has 4 heterocycles. The van der Waals surface area contributed by atoms with E-state index in [0.717, 1.165) is 49.2 Å². The first kappa shape index (κ1) is 21.6. The molecule has 0 spiro atoms. The number of piperidine rings is 1. The number of carbonyl (C=O) groups excluding carboxylic acids is 1. The van der Waals surface area contributed by atoms with Crippen molar-refractivity contribution < 1.29 is 14.3 Å². The third-order valence-electron chi connectivity index (χ3n) is 7.06. The van der Waals surface area contributed by atoms with Crippen molar-refractivity contribution in [3.05, 3.63) is 58.1 Å². The lowest BCUT2D eigenvalue weighted by Crippen LogP contribution is -2.48. The first-order valence-corrected chi connectivity index (χ1v) is 11.4. The van der Waals surface area contributed by atoms with Crippen molar-refractivity contribution in [1.29, 1.82) is 0 Å². The van der Waals surface area contributed by atoms with Crippen LogP contribution in [-0.2, 0) is 13.6 Å². The van der Waals surface area contributed by atoms with E-state index >= 15 is 0 Å². The average molecular weight is 451 g/mol. The zero-order valence-corrected chi connectivity index (χ0v) is 19.3. The van der Waals surface area contributed by atoms with E-state index in [0.29, 0.717) is 35.6 Å². The van der Waals surface area contributed by atoms with Gasteiger partial charge in [0.1, 0.15) is 17.2 Å². The summed E-state index contributed by atoms with van der Waals surface area (Å²) in [5.41, 5.74) is 2.65. The maximum atomic E-state index is 13.0. The molecular formula is C25H30N4O4. The number of likely N-dealkylation sites (tertiary alicyclic amines) is 1. The highest BCUT2D eigenvalue weighted by atomic mass is 16.5. The fourth-order valence-electron chi connectivity index (χ4n) is 5.57. The molecule has 0 aliphatic carbocycles. The number of methoxy groups -OCH3 is 2. The third kappa shape index (κ3) is 3.78. The second-order valence-electron chi connectivity index (χ2n) is 9.03. The van der Waals surface area contributed by atoms with Crippen LogP contribution in [0.1, 0.15) is 28.5 Å². The lowest BCUT2D eigenvalue weighted by molar-refractivity contribution is 0.0920. The minimum atomic E-state index is -0.119. The number of fused-ring (bicyclic) bond motifs is 5. The lowest BCUT2D eigenvalue weighted by atomic mass is 9.83. The van der Waals surface area contributed by atoms with Gasteiger partial charge in [-0.05, 0) is 36.6 Å². The van der Waals surface area contributed by atoms with Crippen LogP contribution in [0, 0.1) is 5.92 Å². The zero-order valence-electron chi connectivity index (χ0n) is 19.3. The Morgan fingerprint density at radius 2 is 1.88 bits per heavy atom. The normalized spacial score (nSPS) is 19.8. The summed E-state index contributed by atoms with van der Waals surface area (Å²) in [5, 5.41) is 3.93. The smallest absolute Gasteiger partial charge is 0.267 e. The molecule has 0 radical (unpaired) electrons. The van der Waals surface area contributed by atoms with Crippen molar-refractivity contribution in [2.75, 3.05) is 40.4 Å². The molecule has 1 amide bonds. The summed E-state index contributed by atoms with van der Waals surface area (Å²) in [4.78, 5) is 27.6. The highest BCUT2D eigenvalue weighted by molar-refractivity contribution is 6.02. The molecule has 1 fully saturated rings. The van der Waals surface area contributed by atoms with E-state index in [9.17, 15) is 9.59 Å². The van der Waals surface area contributed by atoms with Crippen molar-refractivity contribution >= 4 is 16.8 Å². The van der Waals surface area contributed by atoms with Gasteiger partial charge >= 0.3 is 0 Å². The second kappa shape index (κ2) is 8.59. The molecule has 2 aliphatic heterocycles. The Morgan fingerprint density at radius 1 is 1.09 bits per heavy atom. The van der Waals surface area contributed by atoms with Gasteiger partial charge in [-0.2, -0.15) is 0 Å². The molecule has 2 atom stereocenters. The molecule has 0 unspecified atom stereocenters. The number of hydrogen-bond acceptors (Lipinski definition) is 5. The van der Waals surface area contributed by atoms with E-state index in [4.69, 9.17) is 9.47 Å². The number of ether oxygens (including phenoxy) is 2. The summed E-state index contributed by atoms with van der Waals surface area (Å²) in [7, 11) is 5.11. The predicted octanol–water partition coefficient (Wildman–Crippen LogP) is 2.21. The Hall–Kier alpha value is -3.26. The Morgan fingerprint density at radius 3 is 2.67 bits per heavy atom. The summed E-state index contributed by atoms with van der Waals surface area (Å²) in [6, 6.07) is 11.1. The number of nitrogens with one attached hydrogen (secondary N) is 1. The molecule has 3 aromatic rings. The van der Waals surface area contributed by atoms with Crippen LogP contribution >= 0.6 is 0 Å². The van der Waals surface area contributed by atoms with Crippen LogP contribution in [0.2, 0.25) is 0 Å². The second-order valence-corrected chi connectivity index (χ2v) is 9.03. The molecule has 5 rings (SSSR count). The zero-order chi connectivity index (χ0) is 23.1. The number of carbonyl (C=O) groups is 1. The maximum absolute atomic E-state index is 13.0. The van der Waals surface area contributed by atoms with Gasteiger partial charge in [-0.1, -0.05) is 6.07 Å². The van der Waals surface area contributed by atoms with E-state index in [1.807, 2.05) is 40.4 Å². The first-order chi connectivity index (χ1) is 16.0. The summed E-state index contributed by atoms with van der Waals surface area (Å²) in [5.74, 6) is 2.14. The van der Waals surface area contributed by atoms with Crippen LogP contribution in [0.25, 0.3) is 10.9 Å². The first-order valence-electron chi connectivity index (χ1n) is 11.4. The van der Waals surface area contributed by atoms with Crippen LogP contribution in [0.3, 0.4) is 0 Å². The number of nitrogens with zero attached hydrogens (tertiary/aromatic N) is 3. The Kier molecular flexibility index (Phi) is 5.62. The highest BCUT2D eigenvalue weighted by Gasteiger charge is 2.34. The summed E-state index contributed by atoms with van der Waals surface area (Å²) < 4.78 is 14.8. The van der Waals surface area contributed by atoms with Crippen molar-refractivity contribution in [1.82, 2.24) is 19.4 Å². The van der Waals surface area contributed by atoms with Crippen LogP contribution in [0.4, 0.5) is 0 Å². The summed E-state index contributed by atoms with van der Waals surface area (Å²) >= 11 is 0. The number of hydrogen-bond donors (Lipinski definition) is 1. The quantitative estimate of drug-likeness (QED) is 0.623. The van der Waals surface area contributed by atoms with E-state index in [1.54, 1.807) is 20.3 Å². The Bertz CT molecular complexity index is 1260. The number of rotatable bonds is 6. The molecule has 2 aliphatic rings. The summed E-state index contributed by atoms with van der Waals surface area (Å²) in [6.45, 7) is 4.00. The molecular weight excluding hydrogens is 420 g/mol. The Balaban J connectivity index is 1.26. The van der Waals surface area contributed by atoms with Gasteiger partial charge in [0.05, 0.1) is 19.7 Å². The van der Waals surface area contributed by atoms with Gasteiger partial charge in [-0.25, -0.2) is 0 Å². The highest BCUT2D eigenvalue weighted by Crippen LogP contribution is 2.36. The van der Waals surface area contributed by atoms with Crippen molar-refractivity contribution in [3.63, 3.8) is 0 Å². The SMILES string of the molecule is COc1ccc(OC)c2c1cc(C(=O)NCCN1C[C@H]3C[C@@H](C1)c1cccc(=O)n1C3)n2C. The average Bonchev–Trinajstić information content (AvgIpc) is 3.17. The van der Waals surface area contributed by atoms with Crippen LogP contribution in [-0.4, -0.2) is 60.3 Å². The van der Waals surface area contributed by atoms with Crippen molar-refractivity contribution in [2.45, 2.75) is 18.9 Å². The monoisotopic (exact) mass is 450 g/mol. The van der Waals surface area contributed by atoms with E-state index in [2.05, 4.69) is 16.3 Å². The molecule has 33 heavy (non-hydrogen) atoms. The molecule has 1 aromatic carbocycles. The topological polar surface area (TPSA) is 77.7 Å². The van der Waals surface area contributed by atoms with Gasteiger partial charge in [0.15, 0.2) is 0 Å². The lowest BCUT2D eigenvalue weighted by Gasteiger charge is -2.42. The summed E-state index contributed by atoms with van der Waals surface area (Å²) in [6.07, 6.45) is 1.13. The van der Waals surface area contributed by atoms with Gasteiger partial charge in [-0.15, -0.1) is 0 Å². The van der Waals surface area contributed by atoms with Crippen molar-refractivity contribution in [2.24, 2.45) is 13.0 Å². The number of amides is 1. The third-order valence-corrected chi connectivity index (χ3v) is 7.06. The van der Waals surface area contributed by atoms with Gasteiger partial charge in [0.25, 0.3) is 11.5 Å². The van der Waals surface area contributed by atoms with E-state index < -0.39 is 0 Å². The van der Waals surface area contributed by atoms with Crippen LogP contribution in [0.15, 0.2) is 41.2 Å².